The summed E-state index contributed by atoms with van der Waals surface area (Å²) in [6.07, 6.45) is 0.915. The molecule has 0 bridgehead atoms. The van der Waals surface area contributed by atoms with Gasteiger partial charge in [-0.1, -0.05) is 54.6 Å². The molecule has 0 spiro atoms. The Morgan fingerprint density at radius 1 is 0.917 bits per heavy atom. The van der Waals surface area contributed by atoms with Gasteiger partial charge in [-0.05, 0) is 53.3 Å². The minimum atomic E-state index is 0.122. The third kappa shape index (κ3) is 2.61. The molecule has 24 heavy (non-hydrogen) atoms. The summed E-state index contributed by atoms with van der Waals surface area (Å²) in [6, 6.07) is 22.6. The van der Waals surface area contributed by atoms with E-state index >= 15 is 0 Å². The predicted molar refractivity (Wildman–Crippen MR) is 98.7 cm³/mol. The van der Waals surface area contributed by atoms with Crippen molar-refractivity contribution in [1.82, 2.24) is 0 Å². The van der Waals surface area contributed by atoms with E-state index in [1.165, 1.54) is 22.3 Å². The van der Waals surface area contributed by atoms with E-state index in [1.807, 2.05) is 37.3 Å². The molecule has 0 saturated carbocycles. The van der Waals surface area contributed by atoms with Crippen LogP contribution in [0.3, 0.4) is 0 Å². The summed E-state index contributed by atoms with van der Waals surface area (Å²) in [5.74, 6) is 0.122. The molecule has 0 aliphatic heterocycles. The average molecular weight is 313 g/mol. The minimum Gasteiger partial charge on any atom is -0.377 e. The van der Waals surface area contributed by atoms with Crippen LogP contribution in [0.4, 0.5) is 5.69 Å². The molecule has 2 nitrogen and oxygen atoms in total. The Morgan fingerprint density at radius 3 is 2.54 bits per heavy atom. The molecule has 0 radical (unpaired) electrons. The lowest BCUT2D eigenvalue weighted by Gasteiger charge is -2.09. The molecule has 0 saturated heterocycles. The minimum absolute atomic E-state index is 0.122. The number of ketones is 1. The fourth-order valence-electron chi connectivity index (χ4n) is 3.37. The van der Waals surface area contributed by atoms with Crippen molar-refractivity contribution < 1.29 is 4.79 Å². The highest BCUT2D eigenvalue weighted by atomic mass is 16.1. The van der Waals surface area contributed by atoms with Gasteiger partial charge >= 0.3 is 0 Å². The zero-order chi connectivity index (χ0) is 16.5. The largest absolute Gasteiger partial charge is 0.377 e. The van der Waals surface area contributed by atoms with Crippen LogP contribution in [0, 0.1) is 6.92 Å². The van der Waals surface area contributed by atoms with Crippen molar-refractivity contribution >= 4 is 11.5 Å². The zero-order valence-electron chi connectivity index (χ0n) is 13.7. The monoisotopic (exact) mass is 313 g/mol. The normalized spacial score (nSPS) is 11.7. The van der Waals surface area contributed by atoms with E-state index in [4.69, 9.17) is 0 Å². The molecule has 0 atom stereocenters. The van der Waals surface area contributed by atoms with E-state index in [1.54, 1.807) is 0 Å². The molecule has 0 aromatic heterocycles. The van der Waals surface area contributed by atoms with E-state index in [9.17, 15) is 4.79 Å². The molecule has 3 aromatic rings. The number of nitrogens with one attached hydrogen (secondary N) is 1. The first-order chi connectivity index (χ1) is 11.7. The zero-order valence-corrected chi connectivity index (χ0v) is 13.7. The average Bonchev–Trinajstić information content (AvgIpc) is 2.98. The predicted octanol–water partition coefficient (Wildman–Crippen LogP) is 4.86. The van der Waals surface area contributed by atoms with Crippen LogP contribution in [0.25, 0.3) is 11.1 Å². The number of carbonyl (C=O) groups excluding carboxylic acids is 1. The maximum atomic E-state index is 12.5. The first-order valence-corrected chi connectivity index (χ1v) is 8.26. The quantitative estimate of drug-likeness (QED) is 0.545. The standard InChI is InChI=1S/C22H19NO/c1-15-6-2-5-9-21(15)23-14-22(24)17-10-11-20-18(13-17)12-16-7-3-4-8-19(16)20/h2-11,13,23H,12,14H2,1H3. The van der Waals surface area contributed by atoms with Crippen LogP contribution < -0.4 is 5.32 Å². The number of benzene rings is 3. The highest BCUT2D eigenvalue weighted by molar-refractivity contribution is 6.00. The van der Waals surface area contributed by atoms with Crippen molar-refractivity contribution in [3.05, 3.63) is 89.0 Å². The molecular weight excluding hydrogens is 294 g/mol. The van der Waals surface area contributed by atoms with E-state index in [0.717, 1.165) is 23.2 Å². The van der Waals surface area contributed by atoms with Gasteiger partial charge in [0.05, 0.1) is 6.54 Å². The molecule has 0 heterocycles. The number of carbonyl (C=O) groups is 1. The Morgan fingerprint density at radius 2 is 1.67 bits per heavy atom. The van der Waals surface area contributed by atoms with Crippen molar-refractivity contribution in [3.8, 4) is 11.1 Å². The number of Topliss-reactive ketones (excluding diaryl/α,β-unsaturated/α-hetero) is 1. The van der Waals surface area contributed by atoms with Gasteiger partial charge in [-0.2, -0.15) is 0 Å². The van der Waals surface area contributed by atoms with Crippen LogP contribution in [-0.4, -0.2) is 12.3 Å². The fourth-order valence-corrected chi connectivity index (χ4v) is 3.37. The van der Waals surface area contributed by atoms with Crippen LogP contribution in [0.2, 0.25) is 0 Å². The number of fused-ring (bicyclic) bond motifs is 3. The van der Waals surface area contributed by atoms with Crippen LogP contribution in [-0.2, 0) is 6.42 Å². The lowest BCUT2D eigenvalue weighted by molar-refractivity contribution is 0.101. The molecule has 0 unspecified atom stereocenters. The van der Waals surface area contributed by atoms with Gasteiger partial charge in [0, 0.05) is 11.3 Å². The molecular formula is C22H19NO. The summed E-state index contributed by atoms with van der Waals surface area (Å²) >= 11 is 0. The number of rotatable bonds is 4. The van der Waals surface area contributed by atoms with Crippen LogP contribution in [0.5, 0.6) is 0 Å². The number of hydrogen-bond donors (Lipinski definition) is 1. The van der Waals surface area contributed by atoms with E-state index in [-0.39, 0.29) is 5.78 Å². The Balaban J connectivity index is 1.53. The lowest BCUT2D eigenvalue weighted by atomic mass is 10.0. The maximum absolute atomic E-state index is 12.5. The molecule has 2 heteroatoms. The smallest absolute Gasteiger partial charge is 0.181 e. The summed E-state index contributed by atoms with van der Waals surface area (Å²) < 4.78 is 0. The third-order valence-electron chi connectivity index (χ3n) is 4.70. The van der Waals surface area contributed by atoms with Crippen LogP contribution in [0.15, 0.2) is 66.7 Å². The second-order valence-corrected chi connectivity index (χ2v) is 6.30. The summed E-state index contributed by atoms with van der Waals surface area (Å²) in [6.45, 7) is 2.36. The van der Waals surface area contributed by atoms with Gasteiger partial charge in [-0.15, -0.1) is 0 Å². The third-order valence-corrected chi connectivity index (χ3v) is 4.70. The van der Waals surface area contributed by atoms with Gasteiger partial charge in [-0.25, -0.2) is 0 Å². The Labute approximate surface area is 142 Å². The second kappa shape index (κ2) is 5.97. The van der Waals surface area contributed by atoms with E-state index in [2.05, 4.69) is 41.7 Å². The Hall–Kier alpha value is -2.87. The molecule has 1 N–H and O–H groups in total. The van der Waals surface area contributed by atoms with E-state index < -0.39 is 0 Å². The molecule has 3 aromatic carbocycles. The molecule has 0 fully saturated rings. The molecule has 118 valence electrons. The first kappa shape index (κ1) is 14.7. The molecule has 0 amide bonds. The second-order valence-electron chi connectivity index (χ2n) is 6.30. The van der Waals surface area contributed by atoms with Gasteiger partial charge in [0.1, 0.15) is 0 Å². The number of aryl methyl sites for hydroxylation is 1. The lowest BCUT2D eigenvalue weighted by Crippen LogP contribution is -2.14. The molecule has 1 aliphatic carbocycles. The van der Waals surface area contributed by atoms with Gasteiger partial charge in [-0.3, -0.25) is 4.79 Å². The SMILES string of the molecule is Cc1ccccc1NCC(=O)c1ccc2c(c1)Cc1ccccc1-2. The van der Waals surface area contributed by atoms with Crippen molar-refractivity contribution in [2.75, 3.05) is 11.9 Å². The van der Waals surface area contributed by atoms with Gasteiger partial charge in [0.15, 0.2) is 5.78 Å². The highest BCUT2D eigenvalue weighted by Crippen LogP contribution is 2.36. The van der Waals surface area contributed by atoms with Crippen molar-refractivity contribution in [2.24, 2.45) is 0 Å². The van der Waals surface area contributed by atoms with Crippen molar-refractivity contribution in [1.29, 1.82) is 0 Å². The summed E-state index contributed by atoms with van der Waals surface area (Å²) in [5, 5.41) is 3.25. The Bertz CT molecular complexity index is 927. The van der Waals surface area contributed by atoms with Gasteiger partial charge in [0.25, 0.3) is 0 Å². The summed E-state index contributed by atoms with van der Waals surface area (Å²) in [5.41, 5.74) is 8.09. The van der Waals surface area contributed by atoms with Crippen LogP contribution in [0.1, 0.15) is 27.0 Å². The number of hydrogen-bond acceptors (Lipinski definition) is 2. The first-order valence-electron chi connectivity index (χ1n) is 8.26. The summed E-state index contributed by atoms with van der Waals surface area (Å²) in [4.78, 5) is 12.5. The van der Waals surface area contributed by atoms with Gasteiger partial charge < -0.3 is 5.32 Å². The summed E-state index contributed by atoms with van der Waals surface area (Å²) in [7, 11) is 0. The number of anilines is 1. The topological polar surface area (TPSA) is 29.1 Å². The molecule has 4 rings (SSSR count). The van der Waals surface area contributed by atoms with Gasteiger partial charge in [0.2, 0.25) is 0 Å². The highest BCUT2D eigenvalue weighted by Gasteiger charge is 2.19. The Kier molecular flexibility index (Phi) is 3.66. The fraction of sp³-hybridized carbons (Fsp3) is 0.136. The number of para-hydroxylation sites is 1. The maximum Gasteiger partial charge on any atom is 0.181 e. The van der Waals surface area contributed by atoms with E-state index in [0.29, 0.717) is 6.54 Å². The van der Waals surface area contributed by atoms with Crippen molar-refractivity contribution in [3.63, 3.8) is 0 Å². The molecule has 1 aliphatic rings. The van der Waals surface area contributed by atoms with Crippen LogP contribution >= 0.6 is 0 Å². The van der Waals surface area contributed by atoms with Crippen molar-refractivity contribution in [2.45, 2.75) is 13.3 Å².